The number of hydrogen-bond acceptors (Lipinski definition) is 4. The summed E-state index contributed by atoms with van der Waals surface area (Å²) in [6, 6.07) is 9.55. The number of amides is 1. The Labute approximate surface area is 123 Å². The number of oxazole rings is 1. The summed E-state index contributed by atoms with van der Waals surface area (Å²) in [7, 11) is 0. The fraction of sp³-hybridized carbons (Fsp3) is 0.375. The molecule has 1 aromatic carbocycles. The van der Waals surface area contributed by atoms with Gasteiger partial charge in [-0.15, -0.1) is 0 Å². The molecule has 0 saturated carbocycles. The van der Waals surface area contributed by atoms with Gasteiger partial charge >= 0.3 is 0 Å². The second-order valence-corrected chi connectivity index (χ2v) is 5.13. The van der Waals surface area contributed by atoms with Gasteiger partial charge in [0.25, 0.3) is 5.91 Å². The lowest BCUT2D eigenvalue weighted by atomic mass is 10.2. The Kier molecular flexibility index (Phi) is 4.01. The number of aryl methyl sites for hydroxylation is 1. The van der Waals surface area contributed by atoms with E-state index in [1.165, 1.54) is 0 Å². The van der Waals surface area contributed by atoms with Crippen LogP contribution in [0.2, 0.25) is 0 Å². The molecule has 0 aliphatic carbocycles. The van der Waals surface area contributed by atoms with Crippen LogP contribution in [0.15, 0.2) is 34.7 Å². The van der Waals surface area contributed by atoms with E-state index in [9.17, 15) is 4.79 Å². The Morgan fingerprint density at radius 3 is 2.90 bits per heavy atom. The minimum atomic E-state index is -0.214. The van der Waals surface area contributed by atoms with Crippen molar-refractivity contribution >= 4 is 5.91 Å². The zero-order valence-electron chi connectivity index (χ0n) is 12.0. The van der Waals surface area contributed by atoms with Crippen LogP contribution >= 0.6 is 0 Å². The van der Waals surface area contributed by atoms with Gasteiger partial charge in [-0.25, -0.2) is 4.98 Å². The number of ether oxygens (including phenoxy) is 1. The van der Waals surface area contributed by atoms with Gasteiger partial charge in [-0.3, -0.25) is 4.79 Å². The first-order valence-electron chi connectivity index (χ1n) is 7.16. The molecule has 1 aliphatic heterocycles. The average molecular weight is 286 g/mol. The molecule has 1 N–H and O–H groups in total. The van der Waals surface area contributed by atoms with Gasteiger partial charge < -0.3 is 14.5 Å². The van der Waals surface area contributed by atoms with Gasteiger partial charge in [0.05, 0.1) is 6.10 Å². The Morgan fingerprint density at radius 2 is 2.19 bits per heavy atom. The summed E-state index contributed by atoms with van der Waals surface area (Å²) in [6.07, 6.45) is 2.17. The van der Waals surface area contributed by atoms with Crippen LogP contribution in [0.1, 0.15) is 29.1 Å². The Balaban J connectivity index is 1.70. The van der Waals surface area contributed by atoms with Crippen LogP contribution in [0.5, 0.6) is 0 Å². The summed E-state index contributed by atoms with van der Waals surface area (Å²) in [5, 5.41) is 2.86. The van der Waals surface area contributed by atoms with Gasteiger partial charge in [0.15, 0.2) is 5.69 Å². The van der Waals surface area contributed by atoms with E-state index >= 15 is 0 Å². The number of nitrogens with zero attached hydrogens (tertiary/aromatic N) is 1. The average Bonchev–Trinajstić information content (AvgIpc) is 3.15. The fourth-order valence-corrected chi connectivity index (χ4v) is 2.41. The van der Waals surface area contributed by atoms with Crippen molar-refractivity contribution in [2.24, 2.45) is 0 Å². The summed E-state index contributed by atoms with van der Waals surface area (Å²) in [5.41, 5.74) is 1.20. The lowest BCUT2D eigenvalue weighted by Gasteiger charge is -2.09. The highest BCUT2D eigenvalue weighted by atomic mass is 16.5. The molecule has 2 heterocycles. The van der Waals surface area contributed by atoms with Crippen LogP contribution in [0.25, 0.3) is 11.5 Å². The molecule has 5 nitrogen and oxygen atoms in total. The van der Waals surface area contributed by atoms with Gasteiger partial charge in [-0.1, -0.05) is 18.2 Å². The van der Waals surface area contributed by atoms with E-state index < -0.39 is 0 Å². The normalized spacial score (nSPS) is 17.9. The van der Waals surface area contributed by atoms with Gasteiger partial charge in [-0.2, -0.15) is 0 Å². The van der Waals surface area contributed by atoms with E-state index in [0.29, 0.717) is 23.9 Å². The van der Waals surface area contributed by atoms with Crippen molar-refractivity contribution in [2.45, 2.75) is 25.9 Å². The SMILES string of the molecule is Cc1oc(-c2ccccc2)nc1C(=O)NC[C@@H]1CCCO1. The van der Waals surface area contributed by atoms with Gasteiger partial charge in [-0.05, 0) is 31.9 Å². The first-order chi connectivity index (χ1) is 10.2. The number of carbonyl (C=O) groups excluding carboxylic acids is 1. The molecule has 1 atom stereocenters. The fourth-order valence-electron chi connectivity index (χ4n) is 2.41. The molecule has 1 aromatic heterocycles. The molecule has 3 rings (SSSR count). The predicted molar refractivity (Wildman–Crippen MR) is 78.0 cm³/mol. The Morgan fingerprint density at radius 1 is 1.38 bits per heavy atom. The third-order valence-electron chi connectivity index (χ3n) is 3.55. The van der Waals surface area contributed by atoms with E-state index in [4.69, 9.17) is 9.15 Å². The molecule has 0 unspecified atom stereocenters. The minimum absolute atomic E-state index is 0.120. The Bertz CT molecular complexity index is 616. The first-order valence-corrected chi connectivity index (χ1v) is 7.16. The Hall–Kier alpha value is -2.14. The quantitative estimate of drug-likeness (QED) is 0.938. The third kappa shape index (κ3) is 3.13. The number of nitrogens with one attached hydrogen (secondary N) is 1. The zero-order chi connectivity index (χ0) is 14.7. The topological polar surface area (TPSA) is 64.4 Å². The van der Waals surface area contributed by atoms with Crippen molar-refractivity contribution in [3.05, 3.63) is 41.8 Å². The summed E-state index contributed by atoms with van der Waals surface area (Å²) >= 11 is 0. The van der Waals surface area contributed by atoms with Gasteiger partial charge in [0.2, 0.25) is 5.89 Å². The van der Waals surface area contributed by atoms with Gasteiger partial charge in [0.1, 0.15) is 5.76 Å². The second kappa shape index (κ2) is 6.10. The van der Waals surface area contributed by atoms with Crippen molar-refractivity contribution in [1.82, 2.24) is 10.3 Å². The molecular formula is C16H18N2O3. The summed E-state index contributed by atoms with van der Waals surface area (Å²) in [6.45, 7) is 3.05. The molecule has 110 valence electrons. The molecule has 0 spiro atoms. The van der Waals surface area contributed by atoms with Crippen molar-refractivity contribution in [3.63, 3.8) is 0 Å². The lowest BCUT2D eigenvalue weighted by molar-refractivity contribution is 0.0853. The van der Waals surface area contributed by atoms with E-state index in [-0.39, 0.29) is 12.0 Å². The number of rotatable bonds is 4. The highest BCUT2D eigenvalue weighted by Crippen LogP contribution is 2.21. The highest BCUT2D eigenvalue weighted by molar-refractivity contribution is 5.93. The molecule has 2 aromatic rings. The summed E-state index contributed by atoms with van der Waals surface area (Å²) in [4.78, 5) is 16.5. The molecule has 1 saturated heterocycles. The summed E-state index contributed by atoms with van der Waals surface area (Å²) < 4.78 is 11.1. The van der Waals surface area contributed by atoms with Crippen LogP contribution < -0.4 is 5.32 Å². The van der Waals surface area contributed by atoms with Crippen molar-refractivity contribution < 1.29 is 13.9 Å². The maximum atomic E-state index is 12.2. The van der Waals surface area contributed by atoms with Crippen LogP contribution in [0, 0.1) is 6.92 Å². The maximum absolute atomic E-state index is 12.2. The third-order valence-corrected chi connectivity index (χ3v) is 3.55. The number of benzene rings is 1. The molecule has 1 fully saturated rings. The van der Waals surface area contributed by atoms with Crippen LogP contribution in [-0.2, 0) is 4.74 Å². The van der Waals surface area contributed by atoms with E-state index in [1.54, 1.807) is 6.92 Å². The van der Waals surface area contributed by atoms with E-state index in [1.807, 2.05) is 30.3 Å². The van der Waals surface area contributed by atoms with Crippen LogP contribution in [0.3, 0.4) is 0 Å². The van der Waals surface area contributed by atoms with E-state index in [0.717, 1.165) is 25.0 Å². The molecular weight excluding hydrogens is 268 g/mol. The van der Waals surface area contributed by atoms with Crippen LogP contribution in [0.4, 0.5) is 0 Å². The van der Waals surface area contributed by atoms with Gasteiger partial charge in [0, 0.05) is 18.7 Å². The predicted octanol–water partition coefficient (Wildman–Crippen LogP) is 2.56. The first kappa shape index (κ1) is 13.8. The molecule has 1 aliphatic rings. The standard InChI is InChI=1S/C16H18N2O3/c1-11-14(15(19)17-10-13-8-5-9-20-13)18-16(21-11)12-6-3-2-4-7-12/h2-4,6-7,13H,5,8-10H2,1H3,(H,17,19)/t13-/m0/s1. The van der Waals surface area contributed by atoms with E-state index in [2.05, 4.69) is 10.3 Å². The summed E-state index contributed by atoms with van der Waals surface area (Å²) in [5.74, 6) is 0.781. The number of aromatic nitrogens is 1. The van der Waals surface area contributed by atoms with Crippen LogP contribution in [-0.4, -0.2) is 30.1 Å². The van der Waals surface area contributed by atoms with Crippen molar-refractivity contribution in [2.75, 3.05) is 13.2 Å². The maximum Gasteiger partial charge on any atom is 0.273 e. The largest absolute Gasteiger partial charge is 0.441 e. The lowest BCUT2D eigenvalue weighted by Crippen LogP contribution is -2.32. The number of hydrogen-bond donors (Lipinski definition) is 1. The molecule has 21 heavy (non-hydrogen) atoms. The van der Waals surface area contributed by atoms with Crippen molar-refractivity contribution in [1.29, 1.82) is 0 Å². The number of carbonyl (C=O) groups is 1. The molecule has 0 bridgehead atoms. The molecule has 5 heteroatoms. The minimum Gasteiger partial charge on any atom is -0.441 e. The second-order valence-electron chi connectivity index (χ2n) is 5.13. The monoisotopic (exact) mass is 286 g/mol. The zero-order valence-corrected chi connectivity index (χ0v) is 12.0. The highest BCUT2D eigenvalue weighted by Gasteiger charge is 2.20. The molecule has 1 amide bonds. The van der Waals surface area contributed by atoms with Crippen molar-refractivity contribution in [3.8, 4) is 11.5 Å². The smallest absolute Gasteiger partial charge is 0.273 e. The molecule has 0 radical (unpaired) electrons.